The molecule has 0 saturated heterocycles. The van der Waals surface area contributed by atoms with Gasteiger partial charge in [-0.05, 0) is 37.6 Å². The van der Waals surface area contributed by atoms with Crippen LogP contribution in [0.4, 0.5) is 0 Å². The molecule has 0 heterocycles. The Morgan fingerprint density at radius 3 is 2.19 bits per heavy atom. The predicted octanol–water partition coefficient (Wildman–Crippen LogP) is 3.49. The standard InChI is InChI=1S/C14H29NO/c1-16-12-8-7-11-14(13-15)9-5-3-2-4-6-10-14/h2-13,15H2,1H3. The fraction of sp³-hybridized carbons (Fsp3) is 1.00. The Hall–Kier alpha value is -0.0800. The zero-order valence-electron chi connectivity index (χ0n) is 11.0. The van der Waals surface area contributed by atoms with E-state index in [1.54, 1.807) is 7.11 Å². The fourth-order valence-electron chi connectivity index (χ4n) is 2.96. The molecule has 0 spiro atoms. The molecule has 2 heteroatoms. The van der Waals surface area contributed by atoms with Crippen LogP contribution in [0.25, 0.3) is 0 Å². The molecule has 1 aliphatic rings. The normalized spacial score (nSPS) is 21.4. The highest BCUT2D eigenvalue weighted by atomic mass is 16.5. The zero-order valence-corrected chi connectivity index (χ0v) is 11.0. The van der Waals surface area contributed by atoms with Crippen molar-refractivity contribution < 1.29 is 4.74 Å². The molecule has 0 aromatic rings. The van der Waals surface area contributed by atoms with Crippen LogP contribution in [0.5, 0.6) is 0 Å². The first-order valence-electron chi connectivity index (χ1n) is 7.02. The summed E-state index contributed by atoms with van der Waals surface area (Å²) in [4.78, 5) is 0. The Bertz CT molecular complexity index is 162. The topological polar surface area (TPSA) is 35.2 Å². The average Bonchev–Trinajstić information content (AvgIpc) is 2.27. The SMILES string of the molecule is COCCCCC1(CN)CCCCCCC1. The summed E-state index contributed by atoms with van der Waals surface area (Å²) in [6.45, 7) is 1.79. The summed E-state index contributed by atoms with van der Waals surface area (Å²) in [7, 11) is 1.79. The Balaban J connectivity index is 2.33. The summed E-state index contributed by atoms with van der Waals surface area (Å²) in [6.07, 6.45) is 13.6. The van der Waals surface area contributed by atoms with Crippen LogP contribution in [0.1, 0.15) is 64.2 Å². The van der Waals surface area contributed by atoms with Crippen LogP contribution in [0.3, 0.4) is 0 Å². The van der Waals surface area contributed by atoms with Crippen molar-refractivity contribution in [2.45, 2.75) is 64.2 Å². The van der Waals surface area contributed by atoms with Crippen LogP contribution in [0.15, 0.2) is 0 Å². The Kier molecular flexibility index (Phi) is 7.06. The molecule has 1 fully saturated rings. The molecule has 1 saturated carbocycles. The van der Waals surface area contributed by atoms with Crippen LogP contribution < -0.4 is 5.73 Å². The van der Waals surface area contributed by atoms with Gasteiger partial charge in [0.15, 0.2) is 0 Å². The molecule has 0 amide bonds. The monoisotopic (exact) mass is 227 g/mol. The number of unbranched alkanes of at least 4 members (excludes halogenated alkanes) is 1. The van der Waals surface area contributed by atoms with Crippen molar-refractivity contribution in [3.63, 3.8) is 0 Å². The van der Waals surface area contributed by atoms with Gasteiger partial charge in [-0.3, -0.25) is 0 Å². The van der Waals surface area contributed by atoms with Gasteiger partial charge >= 0.3 is 0 Å². The van der Waals surface area contributed by atoms with Gasteiger partial charge in [-0.2, -0.15) is 0 Å². The zero-order chi connectivity index (χ0) is 11.7. The lowest BCUT2D eigenvalue weighted by Gasteiger charge is -2.34. The van der Waals surface area contributed by atoms with Gasteiger partial charge in [0.05, 0.1) is 0 Å². The van der Waals surface area contributed by atoms with Crippen LogP contribution in [0, 0.1) is 5.41 Å². The molecular weight excluding hydrogens is 198 g/mol. The number of ether oxygens (including phenoxy) is 1. The van der Waals surface area contributed by atoms with Gasteiger partial charge in [0.25, 0.3) is 0 Å². The highest BCUT2D eigenvalue weighted by Gasteiger charge is 2.27. The van der Waals surface area contributed by atoms with Gasteiger partial charge in [-0.25, -0.2) is 0 Å². The molecule has 2 N–H and O–H groups in total. The van der Waals surface area contributed by atoms with Gasteiger partial charge in [0.2, 0.25) is 0 Å². The third-order valence-corrected chi connectivity index (χ3v) is 4.15. The molecule has 0 aliphatic heterocycles. The molecule has 1 rings (SSSR count). The van der Waals surface area contributed by atoms with E-state index in [2.05, 4.69) is 0 Å². The first-order chi connectivity index (χ1) is 7.83. The van der Waals surface area contributed by atoms with Gasteiger partial charge in [-0.1, -0.05) is 38.5 Å². The van der Waals surface area contributed by atoms with Crippen LogP contribution >= 0.6 is 0 Å². The minimum atomic E-state index is 0.466. The maximum Gasteiger partial charge on any atom is 0.0462 e. The second-order valence-corrected chi connectivity index (χ2v) is 5.42. The van der Waals surface area contributed by atoms with E-state index >= 15 is 0 Å². The molecule has 2 nitrogen and oxygen atoms in total. The van der Waals surface area contributed by atoms with Crippen molar-refractivity contribution in [1.29, 1.82) is 0 Å². The smallest absolute Gasteiger partial charge is 0.0462 e. The van der Waals surface area contributed by atoms with Crippen molar-refractivity contribution >= 4 is 0 Å². The molecule has 0 radical (unpaired) electrons. The van der Waals surface area contributed by atoms with Crippen molar-refractivity contribution in [3.05, 3.63) is 0 Å². The molecule has 0 atom stereocenters. The highest BCUT2D eigenvalue weighted by Crippen LogP contribution is 2.37. The van der Waals surface area contributed by atoms with E-state index in [1.165, 1.54) is 64.2 Å². The molecule has 96 valence electrons. The third kappa shape index (κ3) is 4.84. The Morgan fingerprint density at radius 2 is 1.62 bits per heavy atom. The third-order valence-electron chi connectivity index (χ3n) is 4.15. The summed E-state index contributed by atoms with van der Waals surface area (Å²) >= 11 is 0. The van der Waals surface area contributed by atoms with E-state index in [0.717, 1.165) is 13.2 Å². The van der Waals surface area contributed by atoms with E-state index in [1.807, 2.05) is 0 Å². The Labute approximate surface area is 101 Å². The number of hydrogen-bond donors (Lipinski definition) is 1. The van der Waals surface area contributed by atoms with E-state index < -0.39 is 0 Å². The van der Waals surface area contributed by atoms with Crippen molar-refractivity contribution in [3.8, 4) is 0 Å². The van der Waals surface area contributed by atoms with E-state index in [9.17, 15) is 0 Å². The minimum absolute atomic E-state index is 0.466. The second kappa shape index (κ2) is 8.08. The highest BCUT2D eigenvalue weighted by molar-refractivity contribution is 4.81. The second-order valence-electron chi connectivity index (χ2n) is 5.42. The number of hydrogen-bond acceptors (Lipinski definition) is 2. The van der Waals surface area contributed by atoms with Crippen molar-refractivity contribution in [2.75, 3.05) is 20.3 Å². The molecule has 16 heavy (non-hydrogen) atoms. The van der Waals surface area contributed by atoms with Crippen molar-refractivity contribution in [1.82, 2.24) is 0 Å². The molecular formula is C14H29NO. The molecule has 0 unspecified atom stereocenters. The lowest BCUT2D eigenvalue weighted by atomic mass is 9.73. The molecule has 1 aliphatic carbocycles. The molecule has 0 aromatic heterocycles. The number of nitrogens with two attached hydrogens (primary N) is 1. The minimum Gasteiger partial charge on any atom is -0.385 e. The van der Waals surface area contributed by atoms with Crippen LogP contribution in [0.2, 0.25) is 0 Å². The average molecular weight is 227 g/mol. The Morgan fingerprint density at radius 1 is 1.00 bits per heavy atom. The summed E-state index contributed by atoms with van der Waals surface area (Å²) in [5.74, 6) is 0. The number of rotatable bonds is 6. The van der Waals surface area contributed by atoms with E-state index in [0.29, 0.717) is 5.41 Å². The fourth-order valence-corrected chi connectivity index (χ4v) is 2.96. The lowest BCUT2D eigenvalue weighted by Crippen LogP contribution is -2.31. The predicted molar refractivity (Wildman–Crippen MR) is 69.5 cm³/mol. The summed E-state index contributed by atoms with van der Waals surface area (Å²) < 4.78 is 5.11. The molecule has 0 aromatic carbocycles. The quantitative estimate of drug-likeness (QED) is 0.705. The summed E-state index contributed by atoms with van der Waals surface area (Å²) in [5, 5.41) is 0. The summed E-state index contributed by atoms with van der Waals surface area (Å²) in [6, 6.07) is 0. The van der Waals surface area contributed by atoms with Crippen LogP contribution in [-0.2, 0) is 4.74 Å². The largest absolute Gasteiger partial charge is 0.385 e. The van der Waals surface area contributed by atoms with Crippen molar-refractivity contribution in [2.24, 2.45) is 11.1 Å². The maximum atomic E-state index is 6.04. The lowest BCUT2D eigenvalue weighted by molar-refractivity contribution is 0.166. The van der Waals surface area contributed by atoms with E-state index in [4.69, 9.17) is 10.5 Å². The van der Waals surface area contributed by atoms with Gasteiger partial charge in [-0.15, -0.1) is 0 Å². The van der Waals surface area contributed by atoms with Crippen LogP contribution in [-0.4, -0.2) is 20.3 Å². The van der Waals surface area contributed by atoms with Gasteiger partial charge in [0, 0.05) is 13.7 Å². The number of methoxy groups -OCH3 is 1. The van der Waals surface area contributed by atoms with Gasteiger partial charge in [0.1, 0.15) is 0 Å². The van der Waals surface area contributed by atoms with E-state index in [-0.39, 0.29) is 0 Å². The van der Waals surface area contributed by atoms with Gasteiger partial charge < -0.3 is 10.5 Å². The molecule has 0 bridgehead atoms. The maximum absolute atomic E-state index is 6.04. The first-order valence-corrected chi connectivity index (χ1v) is 7.02. The first kappa shape index (κ1) is 14.0. The summed E-state index contributed by atoms with van der Waals surface area (Å²) in [5.41, 5.74) is 6.51.